The molecule has 2 heterocycles. The van der Waals surface area contributed by atoms with Gasteiger partial charge in [-0.15, -0.1) is 0 Å². The average Bonchev–Trinajstić information content (AvgIpc) is 2.73. The highest BCUT2D eigenvalue weighted by Crippen LogP contribution is 2.22. The van der Waals surface area contributed by atoms with Gasteiger partial charge < -0.3 is 9.47 Å². The van der Waals surface area contributed by atoms with Gasteiger partial charge in [-0.3, -0.25) is 4.90 Å². The molecule has 5 heteroatoms. The van der Waals surface area contributed by atoms with Crippen LogP contribution in [0.1, 0.15) is 24.4 Å². The molecule has 0 radical (unpaired) electrons. The molecule has 98 valence electrons. The van der Waals surface area contributed by atoms with E-state index in [2.05, 4.69) is 27.8 Å². The summed E-state index contributed by atoms with van der Waals surface area (Å²) in [4.78, 5) is 9.04. The van der Waals surface area contributed by atoms with Gasteiger partial charge in [0.1, 0.15) is 6.04 Å². The zero-order valence-corrected chi connectivity index (χ0v) is 11.4. The fraction of sp³-hybridized carbons (Fsp3) is 0.692. The second-order valence-electron chi connectivity index (χ2n) is 4.83. The summed E-state index contributed by atoms with van der Waals surface area (Å²) in [6.45, 7) is 9.27. The van der Waals surface area contributed by atoms with Crippen LogP contribution >= 0.6 is 0 Å². The lowest BCUT2D eigenvalue weighted by molar-refractivity contribution is 0.117. The van der Waals surface area contributed by atoms with Crippen molar-refractivity contribution in [3.63, 3.8) is 0 Å². The summed E-state index contributed by atoms with van der Waals surface area (Å²) in [5, 5.41) is 9.43. The van der Waals surface area contributed by atoms with E-state index in [1.165, 1.54) is 0 Å². The molecule has 0 N–H and O–H groups in total. The maximum atomic E-state index is 9.43. The topological polar surface area (TPSA) is 48.1 Å². The maximum absolute atomic E-state index is 9.43. The van der Waals surface area contributed by atoms with Crippen LogP contribution in [0.15, 0.2) is 6.33 Å². The van der Waals surface area contributed by atoms with Crippen molar-refractivity contribution in [3.8, 4) is 6.07 Å². The Bertz CT molecular complexity index is 437. The number of likely N-dealkylation sites (N-methyl/N-ethyl adjacent to an activating group) is 1. The van der Waals surface area contributed by atoms with E-state index in [4.69, 9.17) is 0 Å². The Hall–Kier alpha value is -1.38. The molecule has 1 fully saturated rings. The first-order chi connectivity index (χ1) is 8.67. The Labute approximate surface area is 109 Å². The lowest BCUT2D eigenvalue weighted by Crippen LogP contribution is -2.47. The highest BCUT2D eigenvalue weighted by Gasteiger charge is 2.27. The summed E-state index contributed by atoms with van der Waals surface area (Å²) < 4.78 is 1.97. The summed E-state index contributed by atoms with van der Waals surface area (Å²) in [6.07, 6.45) is 1.79. The molecule has 0 spiro atoms. The van der Waals surface area contributed by atoms with E-state index in [-0.39, 0.29) is 6.04 Å². The molecule has 1 aromatic heterocycles. The Morgan fingerprint density at radius 1 is 1.39 bits per heavy atom. The van der Waals surface area contributed by atoms with Crippen LogP contribution in [0.2, 0.25) is 0 Å². The van der Waals surface area contributed by atoms with E-state index in [1.54, 1.807) is 6.33 Å². The first-order valence-electron chi connectivity index (χ1n) is 6.51. The van der Waals surface area contributed by atoms with Gasteiger partial charge in [0.2, 0.25) is 0 Å². The summed E-state index contributed by atoms with van der Waals surface area (Å²) in [5.41, 5.74) is 1.99. The third kappa shape index (κ3) is 2.40. The van der Waals surface area contributed by atoms with E-state index in [1.807, 2.05) is 18.5 Å². The van der Waals surface area contributed by atoms with E-state index < -0.39 is 0 Å². The number of aryl methyl sites for hydroxylation is 1. The SMILES string of the molecule is CCN1CCN(C(C#N)c2ncn(C)c2C)CC1. The quantitative estimate of drug-likeness (QED) is 0.797. The van der Waals surface area contributed by atoms with Crippen LogP contribution in [0.3, 0.4) is 0 Å². The number of hydrogen-bond acceptors (Lipinski definition) is 4. The van der Waals surface area contributed by atoms with Gasteiger partial charge in [0.25, 0.3) is 0 Å². The second kappa shape index (κ2) is 5.51. The molecule has 1 aromatic rings. The normalized spacial score (nSPS) is 19.7. The summed E-state index contributed by atoms with van der Waals surface area (Å²) in [7, 11) is 1.97. The first kappa shape index (κ1) is 13.1. The van der Waals surface area contributed by atoms with Crippen molar-refractivity contribution in [3.05, 3.63) is 17.7 Å². The molecule has 0 aliphatic carbocycles. The van der Waals surface area contributed by atoms with Gasteiger partial charge in [-0.25, -0.2) is 4.98 Å². The first-order valence-corrected chi connectivity index (χ1v) is 6.51. The molecule has 1 atom stereocenters. The number of imidazole rings is 1. The number of rotatable bonds is 3. The zero-order valence-electron chi connectivity index (χ0n) is 11.4. The van der Waals surface area contributed by atoms with Crippen LogP contribution in [0.25, 0.3) is 0 Å². The Balaban J connectivity index is 2.11. The highest BCUT2D eigenvalue weighted by atomic mass is 15.3. The third-order valence-electron chi connectivity index (χ3n) is 3.87. The molecule has 2 rings (SSSR count). The minimum atomic E-state index is -0.204. The molecule has 0 bridgehead atoms. The third-order valence-corrected chi connectivity index (χ3v) is 3.87. The van der Waals surface area contributed by atoms with Crippen LogP contribution in [0.5, 0.6) is 0 Å². The van der Waals surface area contributed by atoms with Gasteiger partial charge in [0.15, 0.2) is 0 Å². The number of hydrogen-bond donors (Lipinski definition) is 0. The molecule has 1 aliphatic heterocycles. The summed E-state index contributed by atoms with van der Waals surface area (Å²) in [6, 6.07) is 2.20. The van der Waals surface area contributed by atoms with Crippen molar-refractivity contribution in [1.82, 2.24) is 19.4 Å². The van der Waals surface area contributed by atoms with Gasteiger partial charge in [-0.05, 0) is 13.5 Å². The lowest BCUT2D eigenvalue weighted by atomic mass is 10.1. The molecular weight excluding hydrogens is 226 g/mol. The molecule has 1 saturated heterocycles. The highest BCUT2D eigenvalue weighted by molar-refractivity contribution is 5.21. The van der Waals surface area contributed by atoms with Gasteiger partial charge >= 0.3 is 0 Å². The van der Waals surface area contributed by atoms with Crippen molar-refractivity contribution in [1.29, 1.82) is 5.26 Å². The van der Waals surface area contributed by atoms with Crippen LogP contribution in [-0.4, -0.2) is 52.1 Å². The minimum Gasteiger partial charge on any atom is -0.338 e. The second-order valence-corrected chi connectivity index (χ2v) is 4.83. The molecule has 5 nitrogen and oxygen atoms in total. The Kier molecular flexibility index (Phi) is 4.00. The predicted octanol–water partition coefficient (Wildman–Crippen LogP) is 0.931. The van der Waals surface area contributed by atoms with E-state index in [0.29, 0.717) is 0 Å². The predicted molar refractivity (Wildman–Crippen MR) is 70.0 cm³/mol. The number of nitrogens with zero attached hydrogens (tertiary/aromatic N) is 5. The zero-order chi connectivity index (χ0) is 13.1. The van der Waals surface area contributed by atoms with Crippen LogP contribution in [-0.2, 0) is 7.05 Å². The lowest BCUT2D eigenvalue weighted by Gasteiger charge is -2.36. The van der Waals surface area contributed by atoms with Crippen molar-refractivity contribution in [2.45, 2.75) is 19.9 Å². The standard InChI is InChI=1S/C13H21N5/c1-4-17-5-7-18(8-6-17)12(9-14)13-11(2)16(3)10-15-13/h10,12H,4-8H2,1-3H3. The molecule has 0 amide bonds. The molecule has 0 aromatic carbocycles. The summed E-state index contributed by atoms with van der Waals surface area (Å²) in [5.74, 6) is 0. The maximum Gasteiger partial charge on any atom is 0.142 e. The van der Waals surface area contributed by atoms with Gasteiger partial charge in [0, 0.05) is 38.9 Å². The largest absolute Gasteiger partial charge is 0.338 e. The number of aromatic nitrogens is 2. The smallest absolute Gasteiger partial charge is 0.142 e. The summed E-state index contributed by atoms with van der Waals surface area (Å²) >= 11 is 0. The fourth-order valence-electron chi connectivity index (χ4n) is 2.43. The van der Waals surface area contributed by atoms with Gasteiger partial charge in [-0.1, -0.05) is 6.92 Å². The van der Waals surface area contributed by atoms with Crippen molar-refractivity contribution in [2.24, 2.45) is 7.05 Å². The fourth-order valence-corrected chi connectivity index (χ4v) is 2.43. The van der Waals surface area contributed by atoms with Crippen molar-refractivity contribution >= 4 is 0 Å². The van der Waals surface area contributed by atoms with Crippen molar-refractivity contribution < 1.29 is 0 Å². The van der Waals surface area contributed by atoms with E-state index in [0.717, 1.165) is 44.1 Å². The number of nitriles is 1. The molecule has 1 unspecified atom stereocenters. The van der Waals surface area contributed by atoms with Gasteiger partial charge in [-0.2, -0.15) is 5.26 Å². The molecule has 1 aliphatic rings. The van der Waals surface area contributed by atoms with E-state index >= 15 is 0 Å². The molecular formula is C13H21N5. The van der Waals surface area contributed by atoms with Gasteiger partial charge in [0.05, 0.1) is 18.1 Å². The number of piperazine rings is 1. The average molecular weight is 247 g/mol. The Morgan fingerprint density at radius 3 is 2.50 bits per heavy atom. The minimum absolute atomic E-state index is 0.204. The van der Waals surface area contributed by atoms with Crippen LogP contribution in [0.4, 0.5) is 0 Å². The van der Waals surface area contributed by atoms with Crippen LogP contribution < -0.4 is 0 Å². The molecule has 0 saturated carbocycles. The molecule has 18 heavy (non-hydrogen) atoms. The monoisotopic (exact) mass is 247 g/mol. The van der Waals surface area contributed by atoms with Crippen LogP contribution in [0, 0.1) is 18.3 Å². The Morgan fingerprint density at radius 2 is 2.06 bits per heavy atom. The van der Waals surface area contributed by atoms with E-state index in [9.17, 15) is 5.26 Å². The van der Waals surface area contributed by atoms with Crippen molar-refractivity contribution in [2.75, 3.05) is 32.7 Å².